The predicted molar refractivity (Wildman–Crippen MR) is 109 cm³/mol. The van der Waals surface area contributed by atoms with Gasteiger partial charge in [-0.3, -0.25) is 4.90 Å². The van der Waals surface area contributed by atoms with E-state index in [0.29, 0.717) is 6.61 Å². The molecule has 0 saturated heterocycles. The van der Waals surface area contributed by atoms with E-state index >= 15 is 0 Å². The van der Waals surface area contributed by atoms with E-state index in [-0.39, 0.29) is 23.5 Å². The zero-order valence-corrected chi connectivity index (χ0v) is 19.3. The number of ether oxygens (including phenoxy) is 1. The van der Waals surface area contributed by atoms with Crippen LogP contribution in [0.5, 0.6) is 0 Å². The summed E-state index contributed by atoms with van der Waals surface area (Å²) in [6, 6.07) is -0.222. The van der Waals surface area contributed by atoms with Crippen molar-refractivity contribution in [2.45, 2.75) is 91.3 Å². The molecule has 0 bridgehead atoms. The molecule has 0 aromatic rings. The lowest BCUT2D eigenvalue weighted by atomic mass is 9.91. The average molecular weight is 386 g/mol. The number of carbonyl (C=O) groups excluding carboxylic acids is 1. The molecule has 5 nitrogen and oxygen atoms in total. The van der Waals surface area contributed by atoms with Gasteiger partial charge in [-0.1, -0.05) is 40.7 Å². The minimum atomic E-state index is -1.94. The summed E-state index contributed by atoms with van der Waals surface area (Å²) >= 11 is 0. The van der Waals surface area contributed by atoms with Crippen molar-refractivity contribution in [3.05, 3.63) is 11.6 Å². The van der Waals surface area contributed by atoms with Gasteiger partial charge >= 0.3 is 6.09 Å². The van der Waals surface area contributed by atoms with Gasteiger partial charge in [0, 0.05) is 0 Å². The Bertz CT molecular complexity index is 529. The fourth-order valence-electron chi connectivity index (χ4n) is 2.61. The zero-order valence-electron chi connectivity index (χ0n) is 18.3. The van der Waals surface area contributed by atoms with Gasteiger partial charge in [-0.15, -0.1) is 0 Å². The summed E-state index contributed by atoms with van der Waals surface area (Å²) in [7, 11) is -1.94. The standard InChI is InChI=1S/C20H39NO4Si/c1-14(2)16-11-15(13-24-26(9,10)20(6,7)8)21(12-17(16)22)18(23)25-19(3,4)5/h11,14-15,17,22H,12-13H2,1-10H3. The first kappa shape index (κ1) is 23.2. The summed E-state index contributed by atoms with van der Waals surface area (Å²) in [6.45, 7) is 21.3. The first-order valence-electron chi connectivity index (χ1n) is 9.58. The molecule has 0 spiro atoms. The van der Waals surface area contributed by atoms with E-state index in [1.807, 2.05) is 26.8 Å². The van der Waals surface area contributed by atoms with Gasteiger partial charge in [-0.2, -0.15) is 0 Å². The van der Waals surface area contributed by atoms with E-state index in [0.717, 1.165) is 5.57 Å². The highest BCUT2D eigenvalue weighted by molar-refractivity contribution is 6.74. The second-order valence-corrected chi connectivity index (χ2v) is 14.9. The van der Waals surface area contributed by atoms with Crippen LogP contribution in [0.15, 0.2) is 11.6 Å². The minimum absolute atomic E-state index is 0.0997. The van der Waals surface area contributed by atoms with Crippen molar-refractivity contribution >= 4 is 14.4 Å². The second kappa shape index (κ2) is 8.03. The van der Waals surface area contributed by atoms with Crippen LogP contribution in [0.25, 0.3) is 0 Å². The van der Waals surface area contributed by atoms with Crippen LogP contribution in [0.4, 0.5) is 4.79 Å². The summed E-state index contributed by atoms with van der Waals surface area (Å²) in [6.07, 6.45) is 0.932. The van der Waals surface area contributed by atoms with Crippen LogP contribution in [0, 0.1) is 5.92 Å². The van der Waals surface area contributed by atoms with E-state index in [2.05, 4.69) is 47.7 Å². The lowest BCUT2D eigenvalue weighted by Gasteiger charge is -2.42. The van der Waals surface area contributed by atoms with E-state index in [1.165, 1.54) is 0 Å². The number of aliphatic hydroxyl groups excluding tert-OH is 1. The molecule has 0 aromatic heterocycles. The molecule has 26 heavy (non-hydrogen) atoms. The minimum Gasteiger partial charge on any atom is -0.444 e. The summed E-state index contributed by atoms with van der Waals surface area (Å²) in [5.74, 6) is 0.223. The van der Waals surface area contributed by atoms with Crippen molar-refractivity contribution in [3.63, 3.8) is 0 Å². The molecule has 1 aliphatic rings. The normalized spacial score (nSPS) is 22.5. The molecule has 1 rings (SSSR count). The van der Waals surface area contributed by atoms with E-state index in [1.54, 1.807) is 4.90 Å². The van der Waals surface area contributed by atoms with Gasteiger partial charge in [0.25, 0.3) is 0 Å². The first-order chi connectivity index (χ1) is 11.5. The molecule has 1 N–H and O–H groups in total. The fraction of sp³-hybridized carbons (Fsp3) is 0.850. The largest absolute Gasteiger partial charge is 0.444 e. The highest BCUT2D eigenvalue weighted by Gasteiger charge is 2.40. The molecule has 0 fully saturated rings. The Morgan fingerprint density at radius 1 is 1.27 bits per heavy atom. The maximum absolute atomic E-state index is 12.7. The van der Waals surface area contributed by atoms with E-state index in [4.69, 9.17) is 9.16 Å². The molecule has 1 heterocycles. The van der Waals surface area contributed by atoms with Crippen molar-refractivity contribution in [1.82, 2.24) is 4.90 Å². The molecule has 1 aliphatic heterocycles. The van der Waals surface area contributed by atoms with Crippen LogP contribution in [0.1, 0.15) is 55.4 Å². The number of amides is 1. The molecular weight excluding hydrogens is 346 g/mol. The quantitative estimate of drug-likeness (QED) is 0.569. The van der Waals surface area contributed by atoms with Gasteiger partial charge in [0.05, 0.1) is 25.3 Å². The van der Waals surface area contributed by atoms with Crippen molar-refractivity contribution < 1.29 is 19.1 Å². The highest BCUT2D eigenvalue weighted by atomic mass is 28.4. The van der Waals surface area contributed by atoms with Crippen molar-refractivity contribution in [2.75, 3.05) is 13.2 Å². The molecule has 1 amide bonds. The fourth-order valence-corrected chi connectivity index (χ4v) is 3.63. The van der Waals surface area contributed by atoms with Crippen LogP contribution in [-0.2, 0) is 9.16 Å². The molecule has 152 valence electrons. The maximum Gasteiger partial charge on any atom is 0.410 e. The number of carbonyl (C=O) groups is 1. The van der Waals surface area contributed by atoms with E-state index in [9.17, 15) is 9.90 Å². The Morgan fingerprint density at radius 3 is 2.23 bits per heavy atom. The number of hydrogen-bond acceptors (Lipinski definition) is 4. The van der Waals surface area contributed by atoms with Gasteiger partial charge in [-0.25, -0.2) is 4.79 Å². The summed E-state index contributed by atoms with van der Waals surface area (Å²) in [5, 5.41) is 10.6. The number of β-amino-alcohol motifs (C(OH)–C–C–N with tert-alkyl or cyclic N) is 1. The third-order valence-corrected chi connectivity index (χ3v) is 9.76. The van der Waals surface area contributed by atoms with Crippen molar-refractivity contribution in [3.8, 4) is 0 Å². The summed E-state index contributed by atoms with van der Waals surface area (Å²) in [5.41, 5.74) is 0.392. The lowest BCUT2D eigenvalue weighted by molar-refractivity contribution is 0.00172. The zero-order chi connectivity index (χ0) is 20.5. The van der Waals surface area contributed by atoms with Gasteiger partial charge in [0.1, 0.15) is 5.60 Å². The Balaban J connectivity index is 3.06. The Morgan fingerprint density at radius 2 is 1.81 bits per heavy atom. The molecule has 0 saturated carbocycles. The van der Waals surface area contributed by atoms with Gasteiger partial charge in [0.15, 0.2) is 8.32 Å². The van der Waals surface area contributed by atoms with Crippen LogP contribution < -0.4 is 0 Å². The Kier molecular flexibility index (Phi) is 7.16. The third kappa shape index (κ3) is 6.10. The maximum atomic E-state index is 12.7. The molecule has 2 atom stereocenters. The predicted octanol–water partition coefficient (Wildman–Crippen LogP) is 4.57. The SMILES string of the molecule is CC(C)C1=CC(CO[Si](C)(C)C(C)(C)C)N(C(=O)OC(C)(C)C)CC1O. The van der Waals surface area contributed by atoms with Crippen LogP contribution >= 0.6 is 0 Å². The monoisotopic (exact) mass is 385 g/mol. The Labute approximate surface area is 160 Å². The van der Waals surface area contributed by atoms with Gasteiger partial charge < -0.3 is 14.3 Å². The topological polar surface area (TPSA) is 59.0 Å². The summed E-state index contributed by atoms with van der Waals surface area (Å²) < 4.78 is 11.9. The average Bonchev–Trinajstić information content (AvgIpc) is 2.42. The van der Waals surface area contributed by atoms with Crippen molar-refractivity contribution in [1.29, 1.82) is 0 Å². The number of nitrogens with zero attached hydrogens (tertiary/aromatic N) is 1. The lowest BCUT2D eigenvalue weighted by Crippen LogP contribution is -2.53. The van der Waals surface area contributed by atoms with Crippen LogP contribution in [0.3, 0.4) is 0 Å². The first-order valence-corrected chi connectivity index (χ1v) is 12.5. The number of aliphatic hydroxyl groups is 1. The van der Waals surface area contributed by atoms with Crippen LogP contribution in [-0.4, -0.2) is 55.3 Å². The number of hydrogen-bond donors (Lipinski definition) is 1. The third-order valence-electron chi connectivity index (χ3n) is 5.26. The molecule has 0 radical (unpaired) electrons. The smallest absolute Gasteiger partial charge is 0.410 e. The Hall–Kier alpha value is -0.853. The van der Waals surface area contributed by atoms with Gasteiger partial charge in [-0.05, 0) is 50.4 Å². The molecule has 0 aromatic carbocycles. The second-order valence-electron chi connectivity index (χ2n) is 10.1. The summed E-state index contributed by atoms with van der Waals surface area (Å²) in [4.78, 5) is 14.3. The highest BCUT2D eigenvalue weighted by Crippen LogP contribution is 2.37. The molecule has 0 aliphatic carbocycles. The number of rotatable bonds is 4. The molecular formula is C20H39NO4Si. The van der Waals surface area contributed by atoms with Crippen molar-refractivity contribution in [2.24, 2.45) is 5.92 Å². The van der Waals surface area contributed by atoms with Crippen LogP contribution in [0.2, 0.25) is 18.1 Å². The van der Waals surface area contributed by atoms with Gasteiger partial charge in [0.2, 0.25) is 0 Å². The van der Waals surface area contributed by atoms with E-state index < -0.39 is 26.1 Å². The molecule has 2 unspecified atom stereocenters. The molecule has 6 heteroatoms.